The lowest BCUT2D eigenvalue weighted by Crippen LogP contribution is -2.36. The highest BCUT2D eigenvalue weighted by Gasteiger charge is 2.23. The van der Waals surface area contributed by atoms with E-state index in [1.807, 2.05) is 6.07 Å². The number of rotatable bonds is 7. The molecule has 0 spiro atoms. The van der Waals surface area contributed by atoms with Crippen molar-refractivity contribution in [3.05, 3.63) is 51.0 Å². The fourth-order valence-electron chi connectivity index (χ4n) is 2.94. The summed E-state index contributed by atoms with van der Waals surface area (Å²) < 4.78 is 11.7. The molecule has 1 aliphatic rings. The minimum atomic E-state index is -0.598. The first kappa shape index (κ1) is 22.5. The molecule has 1 heterocycles. The number of hydrogen-bond donors (Lipinski definition) is 2. The van der Waals surface area contributed by atoms with Crippen LogP contribution in [0.25, 0.3) is 0 Å². The molecule has 2 amide bonds. The number of benzene rings is 2. The lowest BCUT2D eigenvalue weighted by atomic mass is 10.2. The van der Waals surface area contributed by atoms with Crippen LogP contribution in [-0.4, -0.2) is 55.0 Å². The molecule has 2 aromatic carbocycles. The Morgan fingerprint density at radius 3 is 2.26 bits per heavy atom. The molecule has 0 atom stereocenters. The summed E-state index contributed by atoms with van der Waals surface area (Å²) in [6, 6.07) is 9.79. The number of nitro benzene ring substituents is 1. The van der Waals surface area contributed by atoms with Crippen LogP contribution in [0.5, 0.6) is 11.5 Å². The molecule has 0 aromatic heterocycles. The molecule has 0 radical (unpaired) electrons. The third-order valence-electron chi connectivity index (χ3n) is 4.31. The van der Waals surface area contributed by atoms with Crippen molar-refractivity contribution < 1.29 is 24.0 Å². The van der Waals surface area contributed by atoms with Gasteiger partial charge in [0.25, 0.3) is 5.69 Å². The maximum atomic E-state index is 12.4. The Labute approximate surface area is 186 Å². The van der Waals surface area contributed by atoms with E-state index < -0.39 is 10.8 Å². The second kappa shape index (κ2) is 10.2. The molecule has 164 valence electrons. The Morgan fingerprint density at radius 1 is 1.06 bits per heavy atom. The second-order valence-electron chi connectivity index (χ2n) is 6.87. The zero-order chi connectivity index (χ0) is 22.4. The van der Waals surface area contributed by atoms with Gasteiger partial charge in [0.05, 0.1) is 43.0 Å². The Hall–Kier alpha value is -3.18. The second-order valence-corrected chi connectivity index (χ2v) is 7.73. The number of ether oxygens (including phenoxy) is 2. The molecule has 11 heteroatoms. The van der Waals surface area contributed by atoms with Gasteiger partial charge in [-0.15, -0.1) is 0 Å². The van der Waals surface area contributed by atoms with E-state index in [0.29, 0.717) is 31.1 Å². The van der Waals surface area contributed by atoms with Crippen LogP contribution in [0.2, 0.25) is 0 Å². The molecule has 0 unspecified atom stereocenters. The number of fused-ring (bicyclic) bond motifs is 1. The van der Waals surface area contributed by atoms with Crippen LogP contribution in [0.3, 0.4) is 0 Å². The van der Waals surface area contributed by atoms with Crippen LogP contribution in [0, 0.1) is 10.1 Å². The molecule has 2 N–H and O–H groups in total. The van der Waals surface area contributed by atoms with Gasteiger partial charge in [-0.1, -0.05) is 12.1 Å². The van der Waals surface area contributed by atoms with Crippen molar-refractivity contribution in [2.45, 2.75) is 6.42 Å². The average Bonchev–Trinajstić information content (AvgIpc) is 2.93. The zero-order valence-electron chi connectivity index (χ0n) is 16.7. The molecule has 31 heavy (non-hydrogen) atoms. The lowest BCUT2D eigenvalue weighted by molar-refractivity contribution is -0.384. The summed E-state index contributed by atoms with van der Waals surface area (Å²) in [6.45, 7) is 0.614. The summed E-state index contributed by atoms with van der Waals surface area (Å²) >= 11 is 3.35. The first-order valence-electron chi connectivity index (χ1n) is 9.44. The predicted octanol–water partition coefficient (Wildman–Crippen LogP) is 3.03. The molecule has 0 fully saturated rings. The van der Waals surface area contributed by atoms with Gasteiger partial charge in [-0.05, 0) is 35.1 Å². The van der Waals surface area contributed by atoms with Crippen molar-refractivity contribution in [3.8, 4) is 11.5 Å². The molecular formula is C20H21BrN4O6. The number of carbonyl (C=O) groups is 2. The van der Waals surface area contributed by atoms with Crippen molar-refractivity contribution in [1.82, 2.24) is 4.90 Å². The highest BCUT2D eigenvalue weighted by Crippen LogP contribution is 2.39. The van der Waals surface area contributed by atoms with E-state index in [9.17, 15) is 19.7 Å². The smallest absolute Gasteiger partial charge is 0.296 e. The summed E-state index contributed by atoms with van der Waals surface area (Å²) in [5.41, 5.74) is 0.324. The number of hydrogen-bond acceptors (Lipinski definition) is 7. The molecule has 0 saturated heterocycles. The number of nitro groups is 1. The van der Waals surface area contributed by atoms with Gasteiger partial charge in [-0.2, -0.15) is 0 Å². The van der Waals surface area contributed by atoms with Crippen LogP contribution in [0.15, 0.2) is 40.9 Å². The molecule has 3 rings (SSSR count). The van der Waals surface area contributed by atoms with Crippen molar-refractivity contribution >= 4 is 44.8 Å². The van der Waals surface area contributed by atoms with E-state index in [1.54, 1.807) is 25.2 Å². The highest BCUT2D eigenvalue weighted by molar-refractivity contribution is 9.10. The summed E-state index contributed by atoms with van der Waals surface area (Å²) in [5.74, 6) is -0.208. The summed E-state index contributed by atoms with van der Waals surface area (Å²) in [6.07, 6.45) is 0.649. The molecule has 0 bridgehead atoms. The largest absolute Gasteiger partial charge is 0.489 e. The average molecular weight is 493 g/mol. The number of nitrogens with zero attached hydrogens (tertiary/aromatic N) is 2. The number of likely N-dealkylation sites (N-methyl/N-ethyl adjacent to an activating group) is 1. The molecule has 2 aromatic rings. The van der Waals surface area contributed by atoms with Gasteiger partial charge < -0.3 is 20.1 Å². The fourth-order valence-corrected chi connectivity index (χ4v) is 3.32. The van der Waals surface area contributed by atoms with Gasteiger partial charge >= 0.3 is 0 Å². The fraction of sp³-hybridized carbons (Fsp3) is 0.300. The van der Waals surface area contributed by atoms with Crippen molar-refractivity contribution in [2.75, 3.05) is 44.0 Å². The first-order valence-corrected chi connectivity index (χ1v) is 10.2. The van der Waals surface area contributed by atoms with Gasteiger partial charge in [0.2, 0.25) is 11.8 Å². The molecule has 0 saturated carbocycles. The van der Waals surface area contributed by atoms with Gasteiger partial charge in [-0.25, -0.2) is 0 Å². The van der Waals surface area contributed by atoms with E-state index in [4.69, 9.17) is 9.47 Å². The van der Waals surface area contributed by atoms with E-state index in [2.05, 4.69) is 26.6 Å². The Bertz CT molecular complexity index is 1000. The maximum absolute atomic E-state index is 12.4. The summed E-state index contributed by atoms with van der Waals surface area (Å²) in [4.78, 5) is 37.0. The predicted molar refractivity (Wildman–Crippen MR) is 118 cm³/mol. The third kappa shape index (κ3) is 6.15. The van der Waals surface area contributed by atoms with Crippen LogP contribution in [0.1, 0.15) is 6.42 Å². The van der Waals surface area contributed by atoms with E-state index >= 15 is 0 Å². The molecular weight excluding hydrogens is 472 g/mol. The van der Waals surface area contributed by atoms with Crippen molar-refractivity contribution in [3.63, 3.8) is 0 Å². The third-order valence-corrected chi connectivity index (χ3v) is 5.00. The maximum Gasteiger partial charge on any atom is 0.296 e. The first-order chi connectivity index (χ1) is 14.8. The normalized spacial score (nSPS) is 12.7. The summed E-state index contributed by atoms with van der Waals surface area (Å²) in [5, 5.41) is 16.7. The SMILES string of the molecule is CN(CC(=O)Nc1ccccc1Br)CC(=O)Nc1cc2c(cc1[N+](=O)[O-])OCCCO2. The quantitative estimate of drug-likeness (QED) is 0.449. The number of amides is 2. The molecule has 1 aliphatic heterocycles. The number of para-hydroxylation sites is 1. The minimum Gasteiger partial charge on any atom is -0.489 e. The Balaban J connectivity index is 1.62. The van der Waals surface area contributed by atoms with Crippen LogP contribution < -0.4 is 20.1 Å². The topological polar surface area (TPSA) is 123 Å². The lowest BCUT2D eigenvalue weighted by Gasteiger charge is -2.17. The summed E-state index contributed by atoms with van der Waals surface area (Å²) in [7, 11) is 1.60. The van der Waals surface area contributed by atoms with Crippen LogP contribution >= 0.6 is 15.9 Å². The number of carbonyl (C=O) groups excluding carboxylic acids is 2. The van der Waals surface area contributed by atoms with E-state index in [-0.39, 0.29) is 36.1 Å². The number of anilines is 2. The van der Waals surface area contributed by atoms with E-state index in [1.165, 1.54) is 17.0 Å². The Kier molecular flexibility index (Phi) is 7.42. The zero-order valence-corrected chi connectivity index (χ0v) is 18.3. The van der Waals surface area contributed by atoms with Gasteiger partial charge in [0.15, 0.2) is 11.5 Å². The van der Waals surface area contributed by atoms with Gasteiger partial charge in [0.1, 0.15) is 5.69 Å². The molecule has 0 aliphatic carbocycles. The van der Waals surface area contributed by atoms with Crippen molar-refractivity contribution in [1.29, 1.82) is 0 Å². The van der Waals surface area contributed by atoms with Gasteiger partial charge in [0, 0.05) is 17.0 Å². The molecule has 10 nitrogen and oxygen atoms in total. The minimum absolute atomic E-state index is 0.00492. The Morgan fingerprint density at radius 2 is 1.65 bits per heavy atom. The highest BCUT2D eigenvalue weighted by atomic mass is 79.9. The number of nitrogens with one attached hydrogen (secondary N) is 2. The van der Waals surface area contributed by atoms with Crippen LogP contribution in [-0.2, 0) is 9.59 Å². The van der Waals surface area contributed by atoms with Crippen LogP contribution in [0.4, 0.5) is 17.1 Å². The van der Waals surface area contributed by atoms with Crippen molar-refractivity contribution in [2.24, 2.45) is 0 Å². The van der Waals surface area contributed by atoms with Gasteiger partial charge in [-0.3, -0.25) is 24.6 Å². The standard InChI is InChI=1S/C20H21BrN4O6/c1-24(11-19(26)22-14-6-3-2-5-13(14)21)12-20(27)23-15-9-17-18(10-16(15)25(28)29)31-8-4-7-30-17/h2-3,5-6,9-10H,4,7-8,11-12H2,1H3,(H,22,26)(H,23,27). The number of halogens is 1. The monoisotopic (exact) mass is 492 g/mol. The van der Waals surface area contributed by atoms with E-state index in [0.717, 1.165) is 4.47 Å².